The van der Waals surface area contributed by atoms with Crippen LogP contribution in [0.4, 0.5) is 4.39 Å². The summed E-state index contributed by atoms with van der Waals surface area (Å²) in [5.41, 5.74) is 0.388. The molecule has 1 aliphatic rings. The molecule has 0 spiro atoms. The maximum Gasteiger partial charge on any atom is 0.225 e. The number of hydrogen-bond acceptors (Lipinski definition) is 3. The number of aliphatic hydroxyl groups excluding tert-OH is 2. The predicted octanol–water partition coefficient (Wildman–Crippen LogP) is 0.452. The molecule has 2 rings (SSSR count). The molecule has 1 aromatic rings. The van der Waals surface area contributed by atoms with Crippen LogP contribution in [0.3, 0.4) is 0 Å². The molecule has 1 saturated heterocycles. The number of rotatable bonds is 3. The molecule has 5 heteroatoms. The van der Waals surface area contributed by atoms with Crippen LogP contribution in [0.2, 0.25) is 0 Å². The van der Waals surface area contributed by atoms with Crippen molar-refractivity contribution in [2.24, 2.45) is 0 Å². The van der Waals surface area contributed by atoms with Crippen LogP contribution in [0, 0.1) is 5.82 Å². The van der Waals surface area contributed by atoms with Gasteiger partial charge in [0.2, 0.25) is 5.91 Å². The molecule has 1 aliphatic heterocycles. The predicted molar refractivity (Wildman–Crippen MR) is 58.6 cm³/mol. The number of amides is 1. The first kappa shape index (κ1) is 12.0. The molecule has 4 nitrogen and oxygen atoms in total. The van der Waals surface area contributed by atoms with E-state index in [-0.39, 0.29) is 12.3 Å². The summed E-state index contributed by atoms with van der Waals surface area (Å²) >= 11 is 0. The quantitative estimate of drug-likeness (QED) is 0.805. The maximum atomic E-state index is 12.9. The lowest BCUT2D eigenvalue weighted by molar-refractivity contribution is -0.143. The normalized spacial score (nSPS) is 17.7. The van der Waals surface area contributed by atoms with Gasteiger partial charge in [-0.2, -0.15) is 0 Å². The van der Waals surface area contributed by atoms with Gasteiger partial charge in [0.05, 0.1) is 18.6 Å². The largest absolute Gasteiger partial charge is 0.389 e. The number of aliphatic hydroxyl groups is 2. The summed E-state index contributed by atoms with van der Waals surface area (Å²) in [5.74, 6) is -0.666. The second-order valence-corrected chi connectivity index (χ2v) is 4.23. The van der Waals surface area contributed by atoms with Gasteiger partial charge in [0, 0.05) is 13.1 Å². The Morgan fingerprint density at radius 2 is 2.24 bits per heavy atom. The molecule has 17 heavy (non-hydrogen) atoms. The van der Waals surface area contributed by atoms with Gasteiger partial charge in [-0.15, -0.1) is 0 Å². The summed E-state index contributed by atoms with van der Waals surface area (Å²) in [6.07, 6.45) is -1.54. The van der Waals surface area contributed by atoms with Crippen LogP contribution in [-0.4, -0.2) is 40.2 Å². The molecule has 0 radical (unpaired) electrons. The number of halogens is 1. The van der Waals surface area contributed by atoms with Gasteiger partial charge in [0.15, 0.2) is 0 Å². The lowest BCUT2D eigenvalue weighted by Crippen LogP contribution is -2.53. The molecule has 1 heterocycles. The molecule has 1 atom stereocenters. The monoisotopic (exact) mass is 239 g/mol. The van der Waals surface area contributed by atoms with Crippen LogP contribution in [0.15, 0.2) is 24.3 Å². The Morgan fingerprint density at radius 1 is 1.53 bits per heavy atom. The fraction of sp³-hybridized carbons (Fsp3) is 0.417. The molecule has 92 valence electrons. The van der Waals surface area contributed by atoms with E-state index in [1.807, 2.05) is 0 Å². The lowest BCUT2D eigenvalue weighted by atomic mass is 10.0. The topological polar surface area (TPSA) is 60.8 Å². The van der Waals surface area contributed by atoms with Crippen molar-refractivity contribution in [1.82, 2.24) is 4.90 Å². The highest BCUT2D eigenvalue weighted by molar-refractivity contribution is 5.77. The summed E-state index contributed by atoms with van der Waals surface area (Å²) in [5, 5.41) is 18.8. The van der Waals surface area contributed by atoms with Gasteiger partial charge in [-0.05, 0) is 17.7 Å². The third-order valence-corrected chi connectivity index (χ3v) is 2.82. The molecular weight excluding hydrogens is 225 g/mol. The van der Waals surface area contributed by atoms with Crippen molar-refractivity contribution >= 4 is 5.91 Å². The van der Waals surface area contributed by atoms with Crippen molar-refractivity contribution in [1.29, 1.82) is 0 Å². The zero-order chi connectivity index (χ0) is 12.4. The van der Waals surface area contributed by atoms with E-state index < -0.39 is 18.0 Å². The van der Waals surface area contributed by atoms with Crippen LogP contribution in [0.25, 0.3) is 0 Å². The Morgan fingerprint density at radius 3 is 2.82 bits per heavy atom. The Hall–Kier alpha value is -1.46. The van der Waals surface area contributed by atoms with Gasteiger partial charge in [0.25, 0.3) is 0 Å². The minimum absolute atomic E-state index is 0.0871. The van der Waals surface area contributed by atoms with Crippen molar-refractivity contribution in [3.05, 3.63) is 35.6 Å². The van der Waals surface area contributed by atoms with Gasteiger partial charge in [-0.1, -0.05) is 12.1 Å². The number of nitrogens with zero attached hydrogens (tertiary/aromatic N) is 1. The third kappa shape index (κ3) is 2.81. The van der Waals surface area contributed by atoms with Crippen molar-refractivity contribution in [3.8, 4) is 0 Å². The standard InChI is InChI=1S/C12H14FNO3/c13-9-3-1-2-8(4-9)11(16)5-12(17)14-6-10(15)7-14/h1-4,10-11,15-16H,5-7H2. The Labute approximate surface area is 98.3 Å². The number of carbonyl (C=O) groups excluding carboxylic acids is 1. The van der Waals surface area contributed by atoms with E-state index in [1.54, 1.807) is 6.07 Å². The van der Waals surface area contributed by atoms with Gasteiger partial charge >= 0.3 is 0 Å². The molecule has 0 aliphatic carbocycles. The second kappa shape index (κ2) is 4.81. The third-order valence-electron chi connectivity index (χ3n) is 2.82. The van der Waals surface area contributed by atoms with E-state index >= 15 is 0 Å². The zero-order valence-electron chi connectivity index (χ0n) is 9.21. The summed E-state index contributed by atoms with van der Waals surface area (Å²) in [6, 6.07) is 5.56. The van der Waals surface area contributed by atoms with Crippen LogP contribution in [0.1, 0.15) is 18.1 Å². The van der Waals surface area contributed by atoms with Crippen LogP contribution in [0.5, 0.6) is 0 Å². The van der Waals surface area contributed by atoms with Crippen molar-refractivity contribution < 1.29 is 19.4 Å². The average Bonchev–Trinajstić information content (AvgIpc) is 2.24. The first-order valence-corrected chi connectivity index (χ1v) is 5.45. The minimum Gasteiger partial charge on any atom is -0.389 e. The molecule has 1 amide bonds. The Bertz CT molecular complexity index is 418. The molecule has 1 unspecified atom stereocenters. The fourth-order valence-corrected chi connectivity index (χ4v) is 1.79. The maximum absolute atomic E-state index is 12.9. The summed E-state index contributed by atoms with van der Waals surface area (Å²) in [6.45, 7) is 0.628. The first-order chi connectivity index (χ1) is 8.06. The molecule has 1 fully saturated rings. The Balaban J connectivity index is 1.92. The van der Waals surface area contributed by atoms with E-state index in [0.29, 0.717) is 18.7 Å². The molecular formula is C12H14FNO3. The lowest BCUT2D eigenvalue weighted by Gasteiger charge is -2.36. The van der Waals surface area contributed by atoms with E-state index in [1.165, 1.54) is 23.1 Å². The van der Waals surface area contributed by atoms with Gasteiger partial charge in [0.1, 0.15) is 5.82 Å². The molecule has 0 saturated carbocycles. The van der Waals surface area contributed by atoms with Crippen molar-refractivity contribution in [2.75, 3.05) is 13.1 Å². The fourth-order valence-electron chi connectivity index (χ4n) is 1.79. The zero-order valence-corrected chi connectivity index (χ0v) is 9.21. The first-order valence-electron chi connectivity index (χ1n) is 5.45. The number of hydrogen-bond donors (Lipinski definition) is 2. The summed E-state index contributed by atoms with van der Waals surface area (Å²) < 4.78 is 12.9. The van der Waals surface area contributed by atoms with Gasteiger partial charge in [-0.25, -0.2) is 4.39 Å². The molecule has 0 aromatic heterocycles. The van der Waals surface area contributed by atoms with E-state index in [9.17, 15) is 14.3 Å². The van der Waals surface area contributed by atoms with Crippen LogP contribution >= 0.6 is 0 Å². The molecule has 2 N–H and O–H groups in total. The van der Waals surface area contributed by atoms with Crippen LogP contribution < -0.4 is 0 Å². The van der Waals surface area contributed by atoms with E-state index in [2.05, 4.69) is 0 Å². The average molecular weight is 239 g/mol. The van der Waals surface area contributed by atoms with E-state index in [0.717, 1.165) is 0 Å². The smallest absolute Gasteiger partial charge is 0.225 e. The second-order valence-electron chi connectivity index (χ2n) is 4.23. The summed E-state index contributed by atoms with van der Waals surface area (Å²) in [7, 11) is 0. The highest BCUT2D eigenvalue weighted by Crippen LogP contribution is 2.20. The molecule has 1 aromatic carbocycles. The highest BCUT2D eigenvalue weighted by Gasteiger charge is 2.29. The number of likely N-dealkylation sites (tertiary alicyclic amines) is 1. The summed E-state index contributed by atoms with van der Waals surface area (Å²) in [4.78, 5) is 13.1. The van der Waals surface area contributed by atoms with Gasteiger partial charge < -0.3 is 15.1 Å². The molecule has 0 bridgehead atoms. The minimum atomic E-state index is -1.00. The van der Waals surface area contributed by atoms with Crippen LogP contribution in [-0.2, 0) is 4.79 Å². The van der Waals surface area contributed by atoms with E-state index in [4.69, 9.17) is 5.11 Å². The SMILES string of the molecule is O=C(CC(O)c1cccc(F)c1)N1CC(O)C1. The van der Waals surface area contributed by atoms with Crippen molar-refractivity contribution in [2.45, 2.75) is 18.6 Å². The number of β-amino-alcohol motifs (C(OH)–C–C–N with tert-alkyl or cyclic N) is 1. The van der Waals surface area contributed by atoms with Crippen molar-refractivity contribution in [3.63, 3.8) is 0 Å². The van der Waals surface area contributed by atoms with Gasteiger partial charge in [-0.3, -0.25) is 4.79 Å². The number of benzene rings is 1. The number of carbonyl (C=O) groups is 1. The highest BCUT2D eigenvalue weighted by atomic mass is 19.1. The Kier molecular flexibility index (Phi) is 3.40.